The second-order valence-corrected chi connectivity index (χ2v) is 7.44. The Balaban J connectivity index is 2.21. The second-order valence-electron chi connectivity index (χ2n) is 5.69. The van der Waals surface area contributed by atoms with Gasteiger partial charge in [0.2, 0.25) is 15.5 Å². The molecule has 0 atom stereocenters. The summed E-state index contributed by atoms with van der Waals surface area (Å²) >= 11 is 0. The molecule has 2 aromatic carbocycles. The highest BCUT2D eigenvalue weighted by atomic mass is 32.2. The van der Waals surface area contributed by atoms with E-state index in [-0.39, 0.29) is 28.0 Å². The molecule has 9 heteroatoms. The summed E-state index contributed by atoms with van der Waals surface area (Å²) in [6, 6.07) is 11.3. The number of amides is 1. The number of benzene rings is 2. The third kappa shape index (κ3) is 4.09. The van der Waals surface area contributed by atoms with E-state index in [4.69, 9.17) is 9.15 Å². The SMILES string of the molecule is CNC(=O)c1coc2cc(NS(C)(=O)=O)c(Oc3ccccc3)cc2c1=O. The fourth-order valence-electron chi connectivity index (χ4n) is 2.43. The number of carbonyl (C=O) groups is 1. The molecule has 0 aliphatic carbocycles. The minimum atomic E-state index is -3.61. The molecule has 140 valence electrons. The lowest BCUT2D eigenvalue weighted by molar-refractivity contribution is 0.0960. The van der Waals surface area contributed by atoms with Crippen LogP contribution in [0.5, 0.6) is 11.5 Å². The van der Waals surface area contributed by atoms with E-state index in [1.54, 1.807) is 30.3 Å². The summed E-state index contributed by atoms with van der Waals surface area (Å²) in [7, 11) is -2.21. The third-order valence-electron chi connectivity index (χ3n) is 3.61. The summed E-state index contributed by atoms with van der Waals surface area (Å²) in [5.41, 5.74) is -0.511. The van der Waals surface area contributed by atoms with Crippen LogP contribution in [0.4, 0.5) is 5.69 Å². The van der Waals surface area contributed by atoms with Gasteiger partial charge in [0, 0.05) is 13.1 Å². The van der Waals surface area contributed by atoms with E-state index >= 15 is 0 Å². The molecule has 0 bridgehead atoms. The molecule has 0 saturated heterocycles. The molecule has 3 rings (SSSR count). The number of fused-ring (bicyclic) bond motifs is 1. The zero-order valence-electron chi connectivity index (χ0n) is 14.5. The smallest absolute Gasteiger partial charge is 0.258 e. The van der Waals surface area contributed by atoms with Gasteiger partial charge in [-0.3, -0.25) is 14.3 Å². The van der Waals surface area contributed by atoms with Crippen LogP contribution in [0, 0.1) is 0 Å². The van der Waals surface area contributed by atoms with E-state index in [0.29, 0.717) is 5.75 Å². The molecule has 0 fully saturated rings. The number of hydrogen-bond donors (Lipinski definition) is 2. The van der Waals surface area contributed by atoms with Crippen molar-refractivity contribution in [2.45, 2.75) is 0 Å². The number of rotatable bonds is 5. The summed E-state index contributed by atoms with van der Waals surface area (Å²) in [6.45, 7) is 0. The van der Waals surface area contributed by atoms with Crippen LogP contribution < -0.4 is 20.2 Å². The second kappa shape index (κ2) is 7.12. The predicted octanol–water partition coefficient (Wildman–Crippen LogP) is 2.32. The first-order chi connectivity index (χ1) is 12.8. The third-order valence-corrected chi connectivity index (χ3v) is 4.20. The standard InChI is InChI=1S/C18H16N2O6S/c1-19-18(22)13-10-25-15-9-14(20-27(2,23)24)16(8-12(15)17(13)21)26-11-6-4-3-5-7-11/h3-10,20H,1-2H3,(H,19,22). The number of anilines is 1. The Kier molecular flexibility index (Phi) is 4.87. The zero-order chi connectivity index (χ0) is 19.6. The van der Waals surface area contributed by atoms with Crippen LogP contribution in [-0.2, 0) is 10.0 Å². The number of hydrogen-bond acceptors (Lipinski definition) is 6. The van der Waals surface area contributed by atoms with Crippen molar-refractivity contribution in [1.29, 1.82) is 0 Å². The summed E-state index contributed by atoms with van der Waals surface area (Å²) in [5.74, 6) is -0.0461. The lowest BCUT2D eigenvalue weighted by Crippen LogP contribution is -2.25. The zero-order valence-corrected chi connectivity index (χ0v) is 15.3. The van der Waals surface area contributed by atoms with Gasteiger partial charge in [0.25, 0.3) is 5.91 Å². The van der Waals surface area contributed by atoms with Crippen LogP contribution in [0.3, 0.4) is 0 Å². The monoisotopic (exact) mass is 388 g/mol. The molecule has 0 radical (unpaired) electrons. The van der Waals surface area contributed by atoms with Crippen molar-refractivity contribution in [3.05, 3.63) is 64.5 Å². The summed E-state index contributed by atoms with van der Waals surface area (Å²) in [5, 5.41) is 2.45. The van der Waals surface area contributed by atoms with Crippen molar-refractivity contribution in [3.8, 4) is 11.5 Å². The number of sulfonamides is 1. The maximum atomic E-state index is 12.6. The molecule has 0 aliphatic heterocycles. The predicted molar refractivity (Wildman–Crippen MR) is 101 cm³/mol. The molecular formula is C18H16N2O6S. The highest BCUT2D eigenvalue weighted by Crippen LogP contribution is 2.33. The first-order valence-corrected chi connectivity index (χ1v) is 9.70. The van der Waals surface area contributed by atoms with Crippen LogP contribution in [0.25, 0.3) is 11.0 Å². The van der Waals surface area contributed by atoms with Crippen molar-refractivity contribution < 1.29 is 22.4 Å². The highest BCUT2D eigenvalue weighted by Gasteiger charge is 2.18. The largest absolute Gasteiger partial charge is 0.463 e. The molecule has 1 aromatic heterocycles. The number of carbonyl (C=O) groups excluding carboxylic acids is 1. The van der Waals surface area contributed by atoms with E-state index in [2.05, 4.69) is 10.0 Å². The van der Waals surface area contributed by atoms with E-state index < -0.39 is 21.4 Å². The Hall–Kier alpha value is -3.33. The Morgan fingerprint density at radius 1 is 1.15 bits per heavy atom. The Morgan fingerprint density at radius 2 is 1.85 bits per heavy atom. The van der Waals surface area contributed by atoms with Crippen LogP contribution in [0.15, 0.2) is 57.9 Å². The van der Waals surface area contributed by atoms with Gasteiger partial charge in [0.1, 0.15) is 23.2 Å². The summed E-state index contributed by atoms with van der Waals surface area (Å²) < 4.78 is 36.8. The molecular weight excluding hydrogens is 372 g/mol. The van der Waals surface area contributed by atoms with Crippen molar-refractivity contribution in [3.63, 3.8) is 0 Å². The van der Waals surface area contributed by atoms with Crippen LogP contribution in [0.1, 0.15) is 10.4 Å². The topological polar surface area (TPSA) is 115 Å². The number of nitrogens with one attached hydrogen (secondary N) is 2. The highest BCUT2D eigenvalue weighted by molar-refractivity contribution is 7.92. The van der Waals surface area contributed by atoms with Gasteiger partial charge in [-0.2, -0.15) is 0 Å². The average molecular weight is 388 g/mol. The maximum Gasteiger partial charge on any atom is 0.258 e. The molecule has 0 saturated carbocycles. The molecule has 0 spiro atoms. The molecule has 1 amide bonds. The first kappa shape index (κ1) is 18.5. The first-order valence-electron chi connectivity index (χ1n) is 7.81. The minimum absolute atomic E-state index is 0.0843. The van der Waals surface area contributed by atoms with Crippen molar-refractivity contribution in [1.82, 2.24) is 5.32 Å². The van der Waals surface area contributed by atoms with Gasteiger partial charge in [-0.25, -0.2) is 8.42 Å². The van der Waals surface area contributed by atoms with Gasteiger partial charge in [0.05, 0.1) is 17.3 Å². The Morgan fingerprint density at radius 3 is 2.48 bits per heavy atom. The molecule has 27 heavy (non-hydrogen) atoms. The van der Waals surface area contributed by atoms with Crippen LogP contribution in [-0.4, -0.2) is 27.6 Å². The van der Waals surface area contributed by atoms with Gasteiger partial charge in [0.15, 0.2) is 5.75 Å². The van der Waals surface area contributed by atoms with Crippen molar-refractivity contribution in [2.24, 2.45) is 0 Å². The lowest BCUT2D eigenvalue weighted by Gasteiger charge is -2.13. The fourth-order valence-corrected chi connectivity index (χ4v) is 2.99. The molecule has 1 heterocycles. The molecule has 2 N–H and O–H groups in total. The van der Waals surface area contributed by atoms with E-state index in [1.165, 1.54) is 19.2 Å². The van der Waals surface area contributed by atoms with Gasteiger partial charge in [-0.1, -0.05) is 18.2 Å². The van der Waals surface area contributed by atoms with Crippen LogP contribution >= 0.6 is 0 Å². The van der Waals surface area contributed by atoms with E-state index in [9.17, 15) is 18.0 Å². The van der Waals surface area contributed by atoms with E-state index in [0.717, 1.165) is 12.5 Å². The summed E-state index contributed by atoms with van der Waals surface area (Å²) in [4.78, 5) is 24.4. The quantitative estimate of drug-likeness (QED) is 0.693. The van der Waals surface area contributed by atoms with Gasteiger partial charge < -0.3 is 14.5 Å². The number of para-hydroxylation sites is 1. The van der Waals surface area contributed by atoms with Crippen LogP contribution in [0.2, 0.25) is 0 Å². The molecule has 8 nitrogen and oxygen atoms in total. The normalized spacial score (nSPS) is 11.2. The Labute approximate surface area is 154 Å². The average Bonchev–Trinajstić information content (AvgIpc) is 2.62. The van der Waals surface area contributed by atoms with Crippen molar-refractivity contribution in [2.75, 3.05) is 18.0 Å². The maximum absolute atomic E-state index is 12.6. The lowest BCUT2D eigenvalue weighted by atomic mass is 10.1. The number of ether oxygens (including phenoxy) is 1. The molecule has 3 aromatic rings. The van der Waals surface area contributed by atoms with Crippen molar-refractivity contribution >= 4 is 32.6 Å². The Bertz CT molecular complexity index is 1170. The molecule has 0 aliphatic rings. The minimum Gasteiger partial charge on any atom is -0.463 e. The van der Waals surface area contributed by atoms with Gasteiger partial charge >= 0.3 is 0 Å². The fraction of sp³-hybridized carbons (Fsp3) is 0.111. The van der Waals surface area contributed by atoms with Gasteiger partial charge in [-0.15, -0.1) is 0 Å². The summed E-state index contributed by atoms with van der Waals surface area (Å²) in [6.07, 6.45) is 2.03. The van der Waals surface area contributed by atoms with E-state index in [1.807, 2.05) is 0 Å². The molecule has 0 unspecified atom stereocenters. The van der Waals surface area contributed by atoms with Gasteiger partial charge in [-0.05, 0) is 18.2 Å².